The summed E-state index contributed by atoms with van der Waals surface area (Å²) >= 11 is 0. The molecule has 17 heavy (non-hydrogen) atoms. The van der Waals surface area contributed by atoms with Gasteiger partial charge in [-0.25, -0.2) is 0 Å². The van der Waals surface area contributed by atoms with Crippen LogP contribution in [0.25, 0.3) is 0 Å². The molecule has 0 saturated heterocycles. The van der Waals surface area contributed by atoms with E-state index in [1.54, 1.807) is 0 Å². The van der Waals surface area contributed by atoms with Gasteiger partial charge in [-0.3, -0.25) is 0 Å². The molecule has 0 saturated carbocycles. The van der Waals surface area contributed by atoms with Crippen molar-refractivity contribution in [1.82, 2.24) is 0 Å². The topological polar surface area (TPSA) is 0 Å². The van der Waals surface area contributed by atoms with Gasteiger partial charge in [-0.1, -0.05) is 50.0 Å². The van der Waals surface area contributed by atoms with Crippen LogP contribution in [0.3, 0.4) is 0 Å². The van der Waals surface area contributed by atoms with E-state index in [9.17, 15) is 0 Å². The van der Waals surface area contributed by atoms with Crippen molar-refractivity contribution in [2.24, 2.45) is 0 Å². The molecule has 0 nitrogen and oxygen atoms in total. The van der Waals surface area contributed by atoms with Crippen molar-refractivity contribution in [3.63, 3.8) is 0 Å². The Morgan fingerprint density at radius 1 is 0.353 bits per heavy atom. The third-order valence-electron chi connectivity index (χ3n) is 3.32. The predicted octanol–water partition coefficient (Wildman–Crippen LogP) is 5.79. The second-order valence-electron chi connectivity index (χ2n) is 4.93. The van der Waals surface area contributed by atoms with Crippen molar-refractivity contribution < 1.29 is 20.1 Å². The van der Waals surface area contributed by atoms with E-state index in [1.165, 1.54) is 77.0 Å². The Labute approximate surface area is 121 Å². The molecule has 0 spiro atoms. The first-order valence-corrected chi connectivity index (χ1v) is 7.30. The fourth-order valence-corrected chi connectivity index (χ4v) is 2.23. The molecule has 0 atom stereocenters. The minimum atomic E-state index is 0. The van der Waals surface area contributed by atoms with Crippen LogP contribution in [0.1, 0.15) is 77.0 Å². The maximum absolute atomic E-state index is 2.32. The quantitative estimate of drug-likeness (QED) is 0.442. The molecular formula is C16H28Ir. The smallest absolute Gasteiger partial charge is 0 e. The van der Waals surface area contributed by atoms with Crippen molar-refractivity contribution in [3.8, 4) is 0 Å². The van der Waals surface area contributed by atoms with Gasteiger partial charge in [0.05, 0.1) is 0 Å². The molecule has 0 fully saturated rings. The number of allylic oxidation sites excluding steroid dienone is 4. The molecule has 0 N–H and O–H groups in total. The molecule has 0 aromatic rings. The van der Waals surface area contributed by atoms with Crippen molar-refractivity contribution in [2.45, 2.75) is 77.0 Å². The molecule has 2 aliphatic rings. The Hall–Kier alpha value is 0.129. The van der Waals surface area contributed by atoms with Crippen molar-refractivity contribution in [1.29, 1.82) is 0 Å². The van der Waals surface area contributed by atoms with Crippen LogP contribution in [0.2, 0.25) is 0 Å². The summed E-state index contributed by atoms with van der Waals surface area (Å²) in [4.78, 5) is 0. The molecule has 2 rings (SSSR count). The van der Waals surface area contributed by atoms with E-state index in [4.69, 9.17) is 0 Å². The Bertz CT molecular complexity index is 152. The van der Waals surface area contributed by atoms with E-state index in [0.717, 1.165) is 0 Å². The van der Waals surface area contributed by atoms with Crippen LogP contribution in [-0.4, -0.2) is 0 Å². The monoisotopic (exact) mass is 413 g/mol. The van der Waals surface area contributed by atoms with Crippen LogP contribution in [0.15, 0.2) is 24.3 Å². The zero-order chi connectivity index (χ0) is 11.3. The van der Waals surface area contributed by atoms with Gasteiger partial charge in [0.15, 0.2) is 0 Å². The molecule has 0 aromatic heterocycles. The normalized spacial score (nSPS) is 24.5. The summed E-state index contributed by atoms with van der Waals surface area (Å²) < 4.78 is 0. The third kappa shape index (κ3) is 12.4. The third-order valence-corrected chi connectivity index (χ3v) is 3.32. The molecule has 0 aliphatic heterocycles. The van der Waals surface area contributed by atoms with E-state index in [1.807, 2.05) is 0 Å². The van der Waals surface area contributed by atoms with E-state index in [0.29, 0.717) is 0 Å². The maximum Gasteiger partial charge on any atom is 0 e. The summed E-state index contributed by atoms with van der Waals surface area (Å²) in [6.45, 7) is 0. The first-order valence-electron chi connectivity index (χ1n) is 7.30. The zero-order valence-corrected chi connectivity index (χ0v) is 13.5. The van der Waals surface area contributed by atoms with Gasteiger partial charge in [0, 0.05) is 20.1 Å². The zero-order valence-electron chi connectivity index (χ0n) is 11.1. The average molecular weight is 413 g/mol. The summed E-state index contributed by atoms with van der Waals surface area (Å²) in [5, 5.41) is 0. The Kier molecular flexibility index (Phi) is 14.3. The summed E-state index contributed by atoms with van der Waals surface area (Å²) in [6, 6.07) is 0. The molecular weight excluding hydrogens is 384 g/mol. The number of hydrogen-bond donors (Lipinski definition) is 0. The molecule has 0 amide bonds. The average Bonchev–Trinajstić information content (AvgIpc) is 2.15. The molecule has 1 radical (unpaired) electrons. The summed E-state index contributed by atoms with van der Waals surface area (Å²) in [7, 11) is 0. The van der Waals surface area contributed by atoms with Gasteiger partial charge < -0.3 is 0 Å². The fraction of sp³-hybridized carbons (Fsp3) is 0.750. The minimum Gasteiger partial charge on any atom is -0.0885 e. The number of hydrogen-bond acceptors (Lipinski definition) is 0. The molecule has 1 heteroatoms. The van der Waals surface area contributed by atoms with Crippen LogP contribution < -0.4 is 0 Å². The van der Waals surface area contributed by atoms with Gasteiger partial charge in [-0.05, 0) is 51.4 Å². The molecule has 0 bridgehead atoms. The SMILES string of the molecule is C1=C\CCCCCC/1.C1=C\CCCCCC/1.[Ir]. The van der Waals surface area contributed by atoms with Crippen molar-refractivity contribution in [2.75, 3.05) is 0 Å². The summed E-state index contributed by atoms with van der Waals surface area (Å²) in [5.41, 5.74) is 0. The van der Waals surface area contributed by atoms with Gasteiger partial charge in [-0.15, -0.1) is 0 Å². The van der Waals surface area contributed by atoms with E-state index in [-0.39, 0.29) is 20.1 Å². The fourth-order valence-electron chi connectivity index (χ4n) is 2.23. The van der Waals surface area contributed by atoms with E-state index >= 15 is 0 Å². The van der Waals surface area contributed by atoms with E-state index in [2.05, 4.69) is 24.3 Å². The Balaban J connectivity index is 0.000000284. The van der Waals surface area contributed by atoms with Crippen LogP contribution in [0, 0.1) is 0 Å². The van der Waals surface area contributed by atoms with E-state index < -0.39 is 0 Å². The van der Waals surface area contributed by atoms with Crippen molar-refractivity contribution >= 4 is 0 Å². The standard InChI is InChI=1S/2C8H14.Ir/c2*1-2-4-6-8-7-5-3-1;/h2*1-2H,3-8H2;/b2*2-1-;. The van der Waals surface area contributed by atoms with Gasteiger partial charge >= 0.3 is 0 Å². The molecule has 2 aliphatic carbocycles. The minimum absolute atomic E-state index is 0. The predicted molar refractivity (Wildman–Crippen MR) is 73.7 cm³/mol. The van der Waals surface area contributed by atoms with Crippen LogP contribution in [0.5, 0.6) is 0 Å². The molecule has 101 valence electrons. The van der Waals surface area contributed by atoms with Gasteiger partial charge in [0.25, 0.3) is 0 Å². The van der Waals surface area contributed by atoms with Gasteiger partial charge in [0.2, 0.25) is 0 Å². The molecule has 0 heterocycles. The molecule has 0 aromatic carbocycles. The van der Waals surface area contributed by atoms with Gasteiger partial charge in [0.1, 0.15) is 0 Å². The van der Waals surface area contributed by atoms with Crippen molar-refractivity contribution in [3.05, 3.63) is 24.3 Å². The molecule has 0 unspecified atom stereocenters. The van der Waals surface area contributed by atoms with Crippen LogP contribution >= 0.6 is 0 Å². The van der Waals surface area contributed by atoms with Crippen LogP contribution in [-0.2, 0) is 20.1 Å². The largest absolute Gasteiger partial charge is 0.0885 e. The second-order valence-corrected chi connectivity index (χ2v) is 4.93. The number of rotatable bonds is 0. The first-order chi connectivity index (χ1) is 8.00. The summed E-state index contributed by atoms with van der Waals surface area (Å²) in [5.74, 6) is 0. The Morgan fingerprint density at radius 3 is 0.824 bits per heavy atom. The maximum atomic E-state index is 2.32. The summed E-state index contributed by atoms with van der Waals surface area (Å²) in [6.07, 6.45) is 26.0. The Morgan fingerprint density at radius 2 is 0.588 bits per heavy atom. The first kappa shape index (κ1) is 17.1. The van der Waals surface area contributed by atoms with Crippen LogP contribution in [0.4, 0.5) is 0 Å². The second kappa shape index (κ2) is 14.2. The van der Waals surface area contributed by atoms with Gasteiger partial charge in [-0.2, -0.15) is 0 Å².